The van der Waals surface area contributed by atoms with Crippen molar-refractivity contribution in [3.63, 3.8) is 0 Å². The third-order valence-electron chi connectivity index (χ3n) is 1.82. The molecule has 3 atom stereocenters. The van der Waals surface area contributed by atoms with Gasteiger partial charge >= 0.3 is 0 Å². The molecule has 3 unspecified atom stereocenters. The van der Waals surface area contributed by atoms with Crippen LogP contribution < -0.4 is 0 Å². The second kappa shape index (κ2) is 5.59. The minimum absolute atomic E-state index is 0.647. The van der Waals surface area contributed by atoms with Crippen molar-refractivity contribution in [2.75, 3.05) is 5.33 Å². The van der Waals surface area contributed by atoms with Crippen molar-refractivity contribution < 1.29 is 0 Å². The van der Waals surface area contributed by atoms with Crippen LogP contribution in [0.15, 0.2) is 0 Å². The van der Waals surface area contributed by atoms with Crippen LogP contribution in [0.4, 0.5) is 0 Å². The molecule has 0 heterocycles. The predicted molar refractivity (Wildman–Crippen MR) is 55.1 cm³/mol. The molecule has 0 saturated heterocycles. The van der Waals surface area contributed by atoms with E-state index in [4.69, 9.17) is 0 Å². The molecular weight excluding hydrogens is 256 g/mol. The standard InChI is InChI=1S/C8H16Br2/c1-6(5-9)4-7(2)8(3)10/h6-8H,4-5H2,1-3H3. The maximum Gasteiger partial charge on any atom is 0.0143 e. The lowest BCUT2D eigenvalue weighted by Crippen LogP contribution is -2.11. The van der Waals surface area contributed by atoms with E-state index in [-0.39, 0.29) is 0 Å². The molecular formula is C8H16Br2. The lowest BCUT2D eigenvalue weighted by Gasteiger charge is -2.17. The highest BCUT2D eigenvalue weighted by molar-refractivity contribution is 9.09. The Morgan fingerprint density at radius 2 is 1.70 bits per heavy atom. The minimum Gasteiger partial charge on any atom is -0.0925 e. The summed E-state index contributed by atoms with van der Waals surface area (Å²) in [7, 11) is 0. The van der Waals surface area contributed by atoms with Gasteiger partial charge in [-0.05, 0) is 18.3 Å². The number of halogens is 2. The van der Waals surface area contributed by atoms with Crippen LogP contribution in [0.2, 0.25) is 0 Å². The van der Waals surface area contributed by atoms with Crippen LogP contribution in [0.3, 0.4) is 0 Å². The highest BCUT2D eigenvalue weighted by Crippen LogP contribution is 2.21. The van der Waals surface area contributed by atoms with E-state index in [2.05, 4.69) is 52.6 Å². The van der Waals surface area contributed by atoms with E-state index >= 15 is 0 Å². The average Bonchev–Trinajstić information content (AvgIpc) is 1.87. The summed E-state index contributed by atoms with van der Waals surface area (Å²) in [5, 5.41) is 1.12. The first-order valence-corrected chi connectivity index (χ1v) is 5.81. The zero-order valence-electron chi connectivity index (χ0n) is 6.90. The van der Waals surface area contributed by atoms with Crippen molar-refractivity contribution in [3.8, 4) is 0 Å². The quantitative estimate of drug-likeness (QED) is 0.682. The SMILES string of the molecule is CC(CBr)CC(C)C(C)Br. The molecule has 0 N–H and O–H groups in total. The third kappa shape index (κ3) is 4.73. The van der Waals surface area contributed by atoms with Gasteiger partial charge in [0.1, 0.15) is 0 Å². The maximum absolute atomic E-state index is 3.58. The molecule has 0 aliphatic rings. The van der Waals surface area contributed by atoms with Gasteiger partial charge in [-0.1, -0.05) is 52.6 Å². The fraction of sp³-hybridized carbons (Fsp3) is 1.00. The first-order chi connectivity index (χ1) is 4.57. The lowest BCUT2D eigenvalue weighted by atomic mass is 9.97. The van der Waals surface area contributed by atoms with Crippen LogP contribution in [0.25, 0.3) is 0 Å². The summed E-state index contributed by atoms with van der Waals surface area (Å²) in [5.41, 5.74) is 0. The zero-order chi connectivity index (χ0) is 8.15. The first kappa shape index (κ1) is 11.0. The first-order valence-electron chi connectivity index (χ1n) is 3.78. The van der Waals surface area contributed by atoms with Crippen LogP contribution in [-0.2, 0) is 0 Å². The Morgan fingerprint density at radius 3 is 2.00 bits per heavy atom. The van der Waals surface area contributed by atoms with Gasteiger partial charge in [0, 0.05) is 10.2 Å². The minimum atomic E-state index is 0.647. The van der Waals surface area contributed by atoms with E-state index < -0.39 is 0 Å². The van der Waals surface area contributed by atoms with Gasteiger partial charge in [-0.25, -0.2) is 0 Å². The van der Waals surface area contributed by atoms with Crippen LogP contribution in [0.1, 0.15) is 27.2 Å². The molecule has 0 aliphatic heterocycles. The van der Waals surface area contributed by atoms with Gasteiger partial charge in [0.25, 0.3) is 0 Å². The highest BCUT2D eigenvalue weighted by atomic mass is 79.9. The second-order valence-corrected chi connectivity index (χ2v) is 5.24. The van der Waals surface area contributed by atoms with E-state index in [9.17, 15) is 0 Å². The third-order valence-corrected chi connectivity index (χ3v) is 3.83. The van der Waals surface area contributed by atoms with Gasteiger partial charge in [0.15, 0.2) is 0 Å². The molecule has 0 rings (SSSR count). The summed E-state index contributed by atoms with van der Waals surface area (Å²) in [6.45, 7) is 6.78. The summed E-state index contributed by atoms with van der Waals surface area (Å²) >= 11 is 7.06. The zero-order valence-corrected chi connectivity index (χ0v) is 10.1. The molecule has 0 aromatic carbocycles. The van der Waals surface area contributed by atoms with Crippen LogP contribution >= 0.6 is 31.9 Å². The summed E-state index contributed by atoms with van der Waals surface area (Å²) in [6, 6.07) is 0. The predicted octanol–water partition coefficient (Wildman–Crippen LogP) is 3.83. The lowest BCUT2D eigenvalue weighted by molar-refractivity contribution is 0.446. The summed E-state index contributed by atoms with van der Waals surface area (Å²) in [4.78, 5) is 0.647. The van der Waals surface area contributed by atoms with E-state index in [1.54, 1.807) is 0 Å². The molecule has 0 bridgehead atoms. The molecule has 0 aromatic rings. The molecule has 0 spiro atoms. The molecule has 0 radical (unpaired) electrons. The van der Waals surface area contributed by atoms with Gasteiger partial charge in [-0.15, -0.1) is 0 Å². The van der Waals surface area contributed by atoms with Gasteiger partial charge in [-0.3, -0.25) is 0 Å². The summed E-state index contributed by atoms with van der Waals surface area (Å²) in [6.07, 6.45) is 1.30. The number of hydrogen-bond donors (Lipinski definition) is 0. The molecule has 0 saturated carbocycles. The topological polar surface area (TPSA) is 0 Å². The van der Waals surface area contributed by atoms with Crippen molar-refractivity contribution in [2.24, 2.45) is 11.8 Å². The van der Waals surface area contributed by atoms with Crippen molar-refractivity contribution in [1.82, 2.24) is 0 Å². The van der Waals surface area contributed by atoms with Crippen LogP contribution in [0.5, 0.6) is 0 Å². The number of alkyl halides is 2. The maximum atomic E-state index is 3.58. The normalized spacial score (nSPS) is 20.1. The van der Waals surface area contributed by atoms with E-state index in [0.717, 1.165) is 17.2 Å². The molecule has 0 amide bonds. The Kier molecular flexibility index (Phi) is 6.13. The van der Waals surface area contributed by atoms with Crippen molar-refractivity contribution in [2.45, 2.75) is 32.0 Å². The van der Waals surface area contributed by atoms with Gasteiger partial charge in [0.05, 0.1) is 0 Å². The molecule has 0 aliphatic carbocycles. The molecule has 0 aromatic heterocycles. The molecule has 10 heavy (non-hydrogen) atoms. The Hall–Kier alpha value is 0.960. The summed E-state index contributed by atoms with van der Waals surface area (Å²) < 4.78 is 0. The Bertz CT molecular complexity index is 81.3. The largest absolute Gasteiger partial charge is 0.0925 e. The Morgan fingerprint density at radius 1 is 1.20 bits per heavy atom. The molecule has 0 fully saturated rings. The van der Waals surface area contributed by atoms with Crippen molar-refractivity contribution in [3.05, 3.63) is 0 Å². The van der Waals surface area contributed by atoms with E-state index in [1.807, 2.05) is 0 Å². The number of hydrogen-bond acceptors (Lipinski definition) is 0. The van der Waals surface area contributed by atoms with Crippen molar-refractivity contribution >= 4 is 31.9 Å². The average molecular weight is 272 g/mol. The molecule has 62 valence electrons. The molecule has 2 heteroatoms. The van der Waals surface area contributed by atoms with Crippen LogP contribution in [0, 0.1) is 11.8 Å². The van der Waals surface area contributed by atoms with Crippen molar-refractivity contribution in [1.29, 1.82) is 0 Å². The fourth-order valence-electron chi connectivity index (χ4n) is 0.885. The monoisotopic (exact) mass is 270 g/mol. The van der Waals surface area contributed by atoms with E-state index in [1.165, 1.54) is 6.42 Å². The number of rotatable bonds is 4. The van der Waals surface area contributed by atoms with Gasteiger partial charge in [-0.2, -0.15) is 0 Å². The Balaban J connectivity index is 3.46. The fourth-order valence-corrected chi connectivity index (χ4v) is 1.37. The second-order valence-electron chi connectivity index (χ2n) is 3.15. The summed E-state index contributed by atoms with van der Waals surface area (Å²) in [5.74, 6) is 1.59. The smallest absolute Gasteiger partial charge is 0.0143 e. The van der Waals surface area contributed by atoms with E-state index in [0.29, 0.717) is 4.83 Å². The highest BCUT2D eigenvalue weighted by Gasteiger charge is 2.11. The van der Waals surface area contributed by atoms with Gasteiger partial charge in [0.2, 0.25) is 0 Å². The van der Waals surface area contributed by atoms with Crippen LogP contribution in [-0.4, -0.2) is 10.2 Å². The van der Waals surface area contributed by atoms with Gasteiger partial charge < -0.3 is 0 Å². The Labute approximate surface area is 81.0 Å². The molecule has 0 nitrogen and oxygen atoms in total.